The van der Waals surface area contributed by atoms with Crippen molar-refractivity contribution < 1.29 is 43.7 Å². The number of aryl methyl sites for hydroxylation is 1. The fourth-order valence-electron chi connectivity index (χ4n) is 10.0. The molecule has 1 aromatic heterocycles. The van der Waals surface area contributed by atoms with Crippen molar-refractivity contribution >= 4 is 35.3 Å². The molecule has 5 amide bonds. The van der Waals surface area contributed by atoms with Crippen LogP contribution in [0.15, 0.2) is 97.1 Å². The van der Waals surface area contributed by atoms with Crippen LogP contribution in [0.4, 0.5) is 0 Å². The molecule has 4 atom stereocenters. The van der Waals surface area contributed by atoms with Crippen molar-refractivity contribution in [1.82, 2.24) is 46.2 Å². The van der Waals surface area contributed by atoms with Crippen molar-refractivity contribution in [3.63, 3.8) is 0 Å². The van der Waals surface area contributed by atoms with E-state index in [1.807, 2.05) is 133 Å². The maximum atomic E-state index is 14.5. The summed E-state index contributed by atoms with van der Waals surface area (Å²) in [6.07, 6.45) is 2.80. The van der Waals surface area contributed by atoms with Gasteiger partial charge in [-0.15, -0.1) is 10.2 Å². The summed E-state index contributed by atoms with van der Waals surface area (Å²) in [5, 5.41) is 44.8. The Balaban J connectivity index is 1.14. The lowest BCUT2D eigenvalue weighted by atomic mass is 9.94. The molecule has 18 heteroatoms. The first kappa shape index (κ1) is 61.8. The van der Waals surface area contributed by atoms with Gasteiger partial charge in [-0.3, -0.25) is 38.2 Å². The number of piperidine rings is 1. The average Bonchev–Trinajstić information content (AvgIpc) is 4.01. The first-order chi connectivity index (χ1) is 38.3. The van der Waals surface area contributed by atoms with Gasteiger partial charge in [0, 0.05) is 50.2 Å². The molecular formula is C62H83N9O9. The zero-order valence-corrected chi connectivity index (χ0v) is 47.8. The van der Waals surface area contributed by atoms with Gasteiger partial charge in [0.05, 0.1) is 18.2 Å². The Morgan fingerprint density at radius 1 is 0.662 bits per heavy atom. The van der Waals surface area contributed by atoms with Crippen LogP contribution in [0, 0.1) is 17.8 Å². The SMILES string of the molecule is CCNC(=O)c1nnc(-c2cc(C(C)C)c(O)cc2O)n1-c1ccc(CN2CCC(C(=O)NC(CCc3ccccc3)C(=O)NC(CC(C)C)C(=O)NC(Cc3ccccc3)C(=O)NC(CC(C)C)C(=O)CCOCC)CC2)cc1. The van der Waals surface area contributed by atoms with Crippen molar-refractivity contribution in [3.05, 3.63) is 125 Å². The number of ketones is 1. The topological polar surface area (TPSA) is 246 Å². The predicted molar refractivity (Wildman–Crippen MR) is 308 cm³/mol. The van der Waals surface area contributed by atoms with E-state index in [1.165, 1.54) is 6.07 Å². The van der Waals surface area contributed by atoms with E-state index < -0.39 is 47.8 Å². The number of Topliss-reactive ketones (excluding diaryl/α,β-unsaturated/α-hetero) is 1. The highest BCUT2D eigenvalue weighted by molar-refractivity contribution is 5.96. The molecule has 1 fully saturated rings. The van der Waals surface area contributed by atoms with Crippen LogP contribution in [0.5, 0.6) is 11.5 Å². The highest BCUT2D eigenvalue weighted by atomic mass is 16.5. The molecule has 18 nitrogen and oxygen atoms in total. The molecule has 4 unspecified atom stereocenters. The van der Waals surface area contributed by atoms with Gasteiger partial charge < -0.3 is 41.5 Å². The molecule has 430 valence electrons. The molecule has 0 aliphatic carbocycles. The van der Waals surface area contributed by atoms with Crippen LogP contribution in [0.25, 0.3) is 17.1 Å². The van der Waals surface area contributed by atoms with Crippen molar-refractivity contribution in [2.75, 3.05) is 32.8 Å². The summed E-state index contributed by atoms with van der Waals surface area (Å²) < 4.78 is 7.03. The second-order valence-corrected chi connectivity index (χ2v) is 22.0. The van der Waals surface area contributed by atoms with Crippen LogP contribution < -0.4 is 26.6 Å². The Bertz CT molecular complexity index is 2830. The van der Waals surface area contributed by atoms with Gasteiger partial charge in [-0.05, 0) is 124 Å². The number of hydrogen-bond donors (Lipinski definition) is 7. The molecule has 80 heavy (non-hydrogen) atoms. The van der Waals surface area contributed by atoms with Gasteiger partial charge in [0.15, 0.2) is 11.6 Å². The van der Waals surface area contributed by atoms with E-state index in [0.29, 0.717) is 75.3 Å². The van der Waals surface area contributed by atoms with E-state index in [-0.39, 0.29) is 90.8 Å². The number of carbonyl (C=O) groups is 6. The van der Waals surface area contributed by atoms with E-state index >= 15 is 0 Å². The third-order valence-electron chi connectivity index (χ3n) is 14.3. The molecule has 2 heterocycles. The number of hydrogen-bond acceptors (Lipinski definition) is 12. The number of aromatic hydroxyl groups is 2. The number of likely N-dealkylation sites (tertiary alicyclic amines) is 1. The maximum Gasteiger partial charge on any atom is 0.289 e. The lowest BCUT2D eigenvalue weighted by molar-refractivity contribution is -0.135. The third-order valence-corrected chi connectivity index (χ3v) is 14.3. The summed E-state index contributed by atoms with van der Waals surface area (Å²) >= 11 is 0. The first-order valence-corrected chi connectivity index (χ1v) is 28.4. The van der Waals surface area contributed by atoms with Gasteiger partial charge in [-0.2, -0.15) is 0 Å². The Kier molecular flexibility index (Phi) is 23.3. The van der Waals surface area contributed by atoms with Crippen LogP contribution >= 0.6 is 0 Å². The number of carbonyl (C=O) groups excluding carboxylic acids is 6. The van der Waals surface area contributed by atoms with Crippen molar-refractivity contribution in [2.45, 2.75) is 143 Å². The molecule has 0 spiro atoms. The molecule has 0 bridgehead atoms. The number of aromatic nitrogens is 3. The molecule has 0 saturated carbocycles. The molecule has 7 N–H and O–H groups in total. The van der Waals surface area contributed by atoms with Gasteiger partial charge in [0.25, 0.3) is 5.91 Å². The summed E-state index contributed by atoms with van der Waals surface area (Å²) in [5.41, 5.74) is 4.29. The normalized spacial score (nSPS) is 14.5. The number of nitrogens with zero attached hydrogens (tertiary/aromatic N) is 4. The minimum Gasteiger partial charge on any atom is -0.508 e. The van der Waals surface area contributed by atoms with Crippen LogP contribution in [-0.4, -0.2) is 122 Å². The largest absolute Gasteiger partial charge is 0.508 e. The van der Waals surface area contributed by atoms with Crippen LogP contribution in [0.3, 0.4) is 0 Å². The van der Waals surface area contributed by atoms with Crippen LogP contribution in [0.1, 0.15) is 133 Å². The van der Waals surface area contributed by atoms with Crippen molar-refractivity contribution in [2.24, 2.45) is 17.8 Å². The molecule has 5 aromatic rings. The quantitative estimate of drug-likeness (QED) is 0.0233. The summed E-state index contributed by atoms with van der Waals surface area (Å²) in [4.78, 5) is 86.3. The van der Waals surface area contributed by atoms with Gasteiger partial charge in [0.2, 0.25) is 29.5 Å². The molecule has 1 aliphatic rings. The van der Waals surface area contributed by atoms with Gasteiger partial charge in [0.1, 0.15) is 29.6 Å². The standard InChI is InChI=1S/C62H83N9O9/c1-9-63-62(79)57-69-68-56(48-36-47(41(7)8)54(73)37-55(48)74)71(57)46-24-21-44(22-25-46)38-70-30-27-45(28-31-70)58(75)64-49(26-23-42-17-13-11-14-18-42)59(76)66-51(34-40(5)6)60(77)67-52(35-43-19-15-12-16-20-43)61(78)65-50(33-39(3)4)53(72)29-32-80-10-2/h11-22,24-25,36-37,39-41,45,49-52,73-74H,9-10,23,26-35,38H2,1-8H3,(H,63,79)(H,64,75)(H,65,78)(H,66,76)(H,67,77). The molecular weight excluding hydrogens is 1010 g/mol. The lowest BCUT2D eigenvalue weighted by Gasteiger charge is -2.32. The number of benzene rings is 4. The predicted octanol–water partition coefficient (Wildman–Crippen LogP) is 7.33. The fourth-order valence-corrected chi connectivity index (χ4v) is 10.0. The van der Waals surface area contributed by atoms with Gasteiger partial charge in [-0.25, -0.2) is 0 Å². The molecule has 1 saturated heterocycles. The molecule has 6 rings (SSSR count). The Labute approximate surface area is 471 Å². The van der Waals surface area contributed by atoms with Gasteiger partial charge in [-0.1, -0.05) is 114 Å². The smallest absolute Gasteiger partial charge is 0.289 e. The summed E-state index contributed by atoms with van der Waals surface area (Å²) in [5.74, 6) is -2.75. The minimum atomic E-state index is -1.07. The zero-order valence-electron chi connectivity index (χ0n) is 47.8. The zero-order chi connectivity index (χ0) is 57.9. The Morgan fingerprint density at radius 3 is 1.86 bits per heavy atom. The Hall–Kier alpha value is -7.44. The highest BCUT2D eigenvalue weighted by Crippen LogP contribution is 2.38. The van der Waals surface area contributed by atoms with E-state index in [0.717, 1.165) is 16.7 Å². The second-order valence-electron chi connectivity index (χ2n) is 22.0. The van der Waals surface area contributed by atoms with Gasteiger partial charge >= 0.3 is 0 Å². The fraction of sp³-hybridized carbons (Fsp3) is 0.484. The lowest BCUT2D eigenvalue weighted by Crippen LogP contribution is -2.58. The summed E-state index contributed by atoms with van der Waals surface area (Å²) in [7, 11) is 0. The van der Waals surface area contributed by atoms with E-state index in [9.17, 15) is 39.0 Å². The van der Waals surface area contributed by atoms with Crippen LogP contribution in [0.2, 0.25) is 0 Å². The molecule has 1 aliphatic heterocycles. The number of phenolic OH excluding ortho intramolecular Hbond substituents is 2. The highest BCUT2D eigenvalue weighted by Gasteiger charge is 2.34. The number of amides is 5. The third kappa shape index (κ3) is 17.8. The molecule has 0 radical (unpaired) electrons. The summed E-state index contributed by atoms with van der Waals surface area (Å²) in [6.45, 7) is 18.2. The number of nitrogens with one attached hydrogen (secondary N) is 5. The minimum absolute atomic E-state index is 0.0364. The number of ether oxygens (including phenoxy) is 1. The van der Waals surface area contributed by atoms with Crippen molar-refractivity contribution in [3.8, 4) is 28.6 Å². The van der Waals surface area contributed by atoms with E-state index in [4.69, 9.17) is 4.74 Å². The van der Waals surface area contributed by atoms with Crippen LogP contribution in [-0.2, 0) is 48.1 Å². The maximum absolute atomic E-state index is 14.5. The molecule has 4 aromatic carbocycles. The summed E-state index contributed by atoms with van der Waals surface area (Å²) in [6, 6.07) is 25.7. The number of rotatable bonds is 29. The first-order valence-electron chi connectivity index (χ1n) is 28.4. The number of phenols is 2. The average molecular weight is 1100 g/mol. The van der Waals surface area contributed by atoms with E-state index in [1.54, 1.807) is 17.6 Å². The second kappa shape index (κ2) is 30.2. The van der Waals surface area contributed by atoms with E-state index in [2.05, 4.69) is 41.7 Å². The Morgan fingerprint density at radius 2 is 1.25 bits per heavy atom. The monoisotopic (exact) mass is 1100 g/mol. The van der Waals surface area contributed by atoms with Crippen molar-refractivity contribution in [1.29, 1.82) is 0 Å².